The Kier molecular flexibility index (Phi) is 5.43. The van der Waals surface area contributed by atoms with Crippen molar-refractivity contribution < 1.29 is 14.3 Å². The Bertz CT molecular complexity index is 1430. The third-order valence-corrected chi connectivity index (χ3v) is 7.23. The molecule has 182 valence electrons. The Morgan fingerprint density at radius 3 is 2.64 bits per heavy atom. The smallest absolute Gasteiger partial charge is 0.241 e. The third kappa shape index (κ3) is 4.08. The number of nitrogens with one attached hydrogen (secondary N) is 1. The molecule has 6 rings (SSSR count). The van der Waals surface area contributed by atoms with Crippen molar-refractivity contribution in [2.45, 2.75) is 25.3 Å². The van der Waals surface area contributed by atoms with Crippen molar-refractivity contribution in [2.75, 3.05) is 43.6 Å². The van der Waals surface area contributed by atoms with Crippen LogP contribution in [-0.2, 0) is 14.3 Å². The number of aromatic nitrogens is 3. The molecule has 1 aliphatic carbocycles. The van der Waals surface area contributed by atoms with Crippen molar-refractivity contribution >= 4 is 34.1 Å². The van der Waals surface area contributed by atoms with E-state index in [2.05, 4.69) is 37.0 Å². The SMILES string of the molecule is Cc1ncc(C#Cc2ccc(N3CC4(COC4)N(C)CC3=O)cn2)c2cc(NC(=O)C3CC3)ncc12. The Morgan fingerprint density at radius 1 is 1.11 bits per heavy atom. The van der Waals surface area contributed by atoms with Crippen LogP contribution in [0.2, 0.25) is 0 Å². The summed E-state index contributed by atoms with van der Waals surface area (Å²) in [5.41, 5.74) is 2.81. The lowest BCUT2D eigenvalue weighted by molar-refractivity contribution is -0.151. The molecular formula is C27H26N6O3. The van der Waals surface area contributed by atoms with Crippen LogP contribution < -0.4 is 10.2 Å². The number of aryl methyl sites for hydroxylation is 1. The van der Waals surface area contributed by atoms with E-state index in [4.69, 9.17) is 4.74 Å². The molecule has 1 spiro atoms. The normalized spacial score (nSPS) is 19.1. The predicted octanol–water partition coefficient (Wildman–Crippen LogP) is 2.13. The van der Waals surface area contributed by atoms with E-state index in [1.54, 1.807) is 23.5 Å². The van der Waals surface area contributed by atoms with Gasteiger partial charge in [0, 0.05) is 41.3 Å². The Labute approximate surface area is 208 Å². The van der Waals surface area contributed by atoms with Crippen molar-refractivity contribution in [3.8, 4) is 11.8 Å². The van der Waals surface area contributed by atoms with Gasteiger partial charge in [-0.2, -0.15) is 0 Å². The minimum Gasteiger partial charge on any atom is -0.377 e. The molecule has 9 nitrogen and oxygen atoms in total. The fraction of sp³-hybridized carbons (Fsp3) is 0.370. The van der Waals surface area contributed by atoms with E-state index in [9.17, 15) is 9.59 Å². The second-order valence-electron chi connectivity index (χ2n) is 9.84. The molecule has 2 aliphatic heterocycles. The topological polar surface area (TPSA) is 101 Å². The summed E-state index contributed by atoms with van der Waals surface area (Å²) in [4.78, 5) is 42.0. The van der Waals surface area contributed by atoms with Crippen LogP contribution >= 0.6 is 0 Å². The fourth-order valence-electron chi connectivity index (χ4n) is 4.60. The van der Waals surface area contributed by atoms with Crippen molar-refractivity contribution in [1.82, 2.24) is 19.9 Å². The van der Waals surface area contributed by atoms with E-state index >= 15 is 0 Å². The maximum absolute atomic E-state index is 12.7. The van der Waals surface area contributed by atoms with E-state index < -0.39 is 0 Å². The predicted molar refractivity (Wildman–Crippen MR) is 134 cm³/mol. The van der Waals surface area contributed by atoms with E-state index in [0.717, 1.165) is 40.6 Å². The lowest BCUT2D eigenvalue weighted by atomic mass is 9.92. The van der Waals surface area contributed by atoms with Crippen LogP contribution in [0.15, 0.2) is 36.8 Å². The molecule has 3 fully saturated rings. The number of amides is 2. The molecule has 0 bridgehead atoms. The van der Waals surface area contributed by atoms with Gasteiger partial charge in [-0.1, -0.05) is 5.92 Å². The summed E-state index contributed by atoms with van der Waals surface area (Å²) in [6, 6.07) is 5.56. The van der Waals surface area contributed by atoms with Gasteiger partial charge in [0.1, 0.15) is 11.5 Å². The quantitative estimate of drug-likeness (QED) is 0.571. The summed E-state index contributed by atoms with van der Waals surface area (Å²) in [7, 11) is 1.97. The standard InChI is InChI=1S/C27H26N6O3/c1-17-23-12-30-24(31-26(35)18-3-4-18)9-22(23)19(10-28-17)5-6-20-7-8-21(11-29-20)33-14-27(15-36-16-27)32(2)13-25(33)34/h7-12,18H,3-4,13-16H2,1-2H3,(H,30,31,35). The number of likely N-dealkylation sites (N-methyl/N-ethyl adjacent to an activating group) is 1. The Hall–Kier alpha value is -3.87. The lowest BCUT2D eigenvalue weighted by Gasteiger charge is -2.53. The maximum Gasteiger partial charge on any atom is 0.241 e. The van der Waals surface area contributed by atoms with Gasteiger partial charge in [0.25, 0.3) is 0 Å². The van der Waals surface area contributed by atoms with Gasteiger partial charge in [-0.3, -0.25) is 19.5 Å². The first-order chi connectivity index (χ1) is 17.4. The van der Waals surface area contributed by atoms with Crippen molar-refractivity contribution in [1.29, 1.82) is 0 Å². The average Bonchev–Trinajstić information content (AvgIpc) is 3.69. The van der Waals surface area contributed by atoms with Gasteiger partial charge in [-0.15, -0.1) is 0 Å². The fourth-order valence-corrected chi connectivity index (χ4v) is 4.60. The molecule has 9 heteroatoms. The second-order valence-corrected chi connectivity index (χ2v) is 9.84. The zero-order chi connectivity index (χ0) is 24.9. The number of carbonyl (C=O) groups is 2. The van der Waals surface area contributed by atoms with E-state index in [1.807, 2.05) is 32.2 Å². The van der Waals surface area contributed by atoms with Crippen LogP contribution in [0.1, 0.15) is 29.8 Å². The minimum absolute atomic E-state index is 0.0131. The van der Waals surface area contributed by atoms with Crippen molar-refractivity contribution in [3.63, 3.8) is 0 Å². The number of piperazine rings is 1. The molecule has 2 saturated heterocycles. The molecule has 0 atom stereocenters. The average molecular weight is 483 g/mol. The van der Waals surface area contributed by atoms with E-state index in [1.165, 1.54) is 0 Å². The van der Waals surface area contributed by atoms with Crippen LogP contribution in [0.5, 0.6) is 0 Å². The molecule has 3 aromatic rings. The number of ether oxygens (including phenoxy) is 1. The summed E-state index contributed by atoms with van der Waals surface area (Å²) >= 11 is 0. The molecule has 3 aliphatic rings. The summed E-state index contributed by atoms with van der Waals surface area (Å²) in [6.45, 7) is 4.12. The highest BCUT2D eigenvalue weighted by Crippen LogP contribution is 2.32. The number of nitrogens with zero attached hydrogens (tertiary/aromatic N) is 5. The molecule has 3 aromatic heterocycles. The highest BCUT2D eigenvalue weighted by atomic mass is 16.5. The molecule has 2 amide bonds. The van der Waals surface area contributed by atoms with Crippen molar-refractivity contribution in [2.24, 2.45) is 5.92 Å². The van der Waals surface area contributed by atoms with Gasteiger partial charge < -0.3 is 15.0 Å². The summed E-state index contributed by atoms with van der Waals surface area (Å²) in [6.07, 6.45) is 7.02. The van der Waals surface area contributed by atoms with Crippen LogP contribution in [0.3, 0.4) is 0 Å². The Morgan fingerprint density at radius 2 is 1.94 bits per heavy atom. The molecular weight excluding hydrogens is 456 g/mol. The molecule has 0 aromatic carbocycles. The number of rotatable bonds is 3. The first-order valence-electron chi connectivity index (χ1n) is 12.1. The molecule has 5 heterocycles. The highest BCUT2D eigenvalue weighted by molar-refractivity contribution is 5.97. The van der Waals surface area contributed by atoms with Crippen molar-refractivity contribution in [3.05, 3.63) is 53.7 Å². The van der Waals surface area contributed by atoms with Crippen LogP contribution in [0.4, 0.5) is 11.5 Å². The van der Waals surface area contributed by atoms with E-state index in [0.29, 0.717) is 37.8 Å². The monoisotopic (exact) mass is 482 g/mol. The number of fused-ring (bicyclic) bond motifs is 1. The van der Waals surface area contributed by atoms with Gasteiger partial charge in [-0.05, 0) is 50.9 Å². The first-order valence-corrected chi connectivity index (χ1v) is 12.1. The number of pyridine rings is 3. The van der Waals surface area contributed by atoms with Crippen LogP contribution in [0.25, 0.3) is 10.8 Å². The van der Waals surface area contributed by atoms with Gasteiger partial charge in [0.15, 0.2) is 0 Å². The van der Waals surface area contributed by atoms with Gasteiger partial charge in [0.05, 0.1) is 42.7 Å². The van der Waals surface area contributed by atoms with Crippen LogP contribution in [-0.4, -0.2) is 70.6 Å². The van der Waals surface area contributed by atoms with E-state index in [-0.39, 0.29) is 23.3 Å². The minimum atomic E-state index is -0.113. The number of carbonyl (C=O) groups excluding carboxylic acids is 2. The zero-order valence-electron chi connectivity index (χ0n) is 20.2. The van der Waals surface area contributed by atoms with Gasteiger partial charge in [0.2, 0.25) is 11.8 Å². The summed E-state index contributed by atoms with van der Waals surface area (Å²) < 4.78 is 5.43. The maximum atomic E-state index is 12.7. The molecule has 0 radical (unpaired) electrons. The largest absolute Gasteiger partial charge is 0.377 e. The van der Waals surface area contributed by atoms with Gasteiger partial charge >= 0.3 is 0 Å². The second kappa shape index (κ2) is 8.66. The zero-order valence-corrected chi connectivity index (χ0v) is 20.2. The third-order valence-electron chi connectivity index (χ3n) is 7.23. The number of anilines is 2. The molecule has 1 N–H and O–H groups in total. The Balaban J connectivity index is 1.25. The number of hydrogen-bond donors (Lipinski definition) is 1. The molecule has 0 unspecified atom stereocenters. The first kappa shape index (κ1) is 22.6. The summed E-state index contributed by atoms with van der Waals surface area (Å²) in [5, 5.41) is 4.66. The van der Waals surface area contributed by atoms with Gasteiger partial charge in [-0.25, -0.2) is 9.97 Å². The lowest BCUT2D eigenvalue weighted by Crippen LogP contribution is -2.71. The summed E-state index contributed by atoms with van der Waals surface area (Å²) in [5.74, 6) is 6.96. The van der Waals surface area contributed by atoms with Crippen LogP contribution in [0, 0.1) is 24.7 Å². The molecule has 1 saturated carbocycles. The molecule has 36 heavy (non-hydrogen) atoms. The number of hydrogen-bond acceptors (Lipinski definition) is 7. The highest BCUT2D eigenvalue weighted by Gasteiger charge is 2.48.